The topological polar surface area (TPSA) is 71.1 Å². The first kappa shape index (κ1) is 15.8. The summed E-state index contributed by atoms with van der Waals surface area (Å²) in [5.74, 6) is -1.16. The highest BCUT2D eigenvalue weighted by Gasteiger charge is 2.21. The number of hydrogen-bond donors (Lipinski definition) is 2. The van der Waals surface area contributed by atoms with Gasteiger partial charge in [-0.2, -0.15) is 0 Å². The van der Waals surface area contributed by atoms with Crippen LogP contribution in [-0.4, -0.2) is 16.8 Å². The van der Waals surface area contributed by atoms with Gasteiger partial charge in [-0.05, 0) is 36.4 Å². The van der Waals surface area contributed by atoms with Crippen LogP contribution in [0.25, 0.3) is 0 Å². The van der Waals surface area contributed by atoms with E-state index in [9.17, 15) is 14.0 Å². The third-order valence-electron chi connectivity index (χ3n) is 3.57. The fourth-order valence-electron chi connectivity index (χ4n) is 2.40. The smallest absolute Gasteiger partial charge is 0.256 e. The van der Waals surface area contributed by atoms with Crippen molar-refractivity contribution in [2.45, 2.75) is 9.79 Å². The van der Waals surface area contributed by atoms with Crippen LogP contribution in [0.2, 0.25) is 0 Å². The molecule has 1 aliphatic heterocycles. The number of halogens is 1. The predicted octanol–water partition coefficient (Wildman–Crippen LogP) is 4.25. The molecule has 2 heterocycles. The molecule has 0 unspecified atom stereocenters. The molecule has 3 aromatic rings. The van der Waals surface area contributed by atoms with Gasteiger partial charge in [0.05, 0.1) is 23.0 Å². The molecule has 0 spiro atoms. The fourth-order valence-corrected chi connectivity index (χ4v) is 3.90. The van der Waals surface area contributed by atoms with Crippen molar-refractivity contribution in [3.05, 3.63) is 65.0 Å². The highest BCUT2D eigenvalue weighted by atomic mass is 32.2. The lowest BCUT2D eigenvalue weighted by Crippen LogP contribution is -2.14. The van der Waals surface area contributed by atoms with Crippen molar-refractivity contribution in [2.75, 3.05) is 10.6 Å². The van der Waals surface area contributed by atoms with Crippen LogP contribution in [0, 0.1) is 5.82 Å². The van der Waals surface area contributed by atoms with Gasteiger partial charge in [0.1, 0.15) is 10.8 Å². The number of anilines is 2. The van der Waals surface area contributed by atoms with E-state index in [-0.39, 0.29) is 11.5 Å². The van der Waals surface area contributed by atoms with Crippen molar-refractivity contribution < 1.29 is 14.0 Å². The lowest BCUT2D eigenvalue weighted by Gasteiger charge is -2.09. The standard InChI is InChI=1S/C17H10FN3O2S2/c18-10-2-4-13-11(6-10)17(23)20-12-5-9(1-3-14(12)25-13)16(22)21-15-7-19-8-24-15/h1-8H,(H,20,23)(H,21,22). The van der Waals surface area contributed by atoms with Crippen molar-refractivity contribution >= 4 is 45.6 Å². The van der Waals surface area contributed by atoms with Gasteiger partial charge >= 0.3 is 0 Å². The Kier molecular flexibility index (Phi) is 3.98. The van der Waals surface area contributed by atoms with E-state index in [1.807, 2.05) is 0 Å². The monoisotopic (exact) mass is 371 g/mol. The molecule has 1 aromatic heterocycles. The number of amides is 2. The number of rotatable bonds is 2. The van der Waals surface area contributed by atoms with Crippen LogP contribution in [-0.2, 0) is 0 Å². The summed E-state index contributed by atoms with van der Waals surface area (Å²) in [6, 6.07) is 9.17. The van der Waals surface area contributed by atoms with E-state index < -0.39 is 11.7 Å². The normalized spacial score (nSPS) is 12.6. The summed E-state index contributed by atoms with van der Waals surface area (Å²) in [5, 5.41) is 6.13. The summed E-state index contributed by atoms with van der Waals surface area (Å²) in [4.78, 5) is 30.0. The molecule has 0 atom stereocenters. The van der Waals surface area contributed by atoms with Gasteiger partial charge in [0.15, 0.2) is 0 Å². The summed E-state index contributed by atoms with van der Waals surface area (Å²) in [5.41, 5.74) is 2.82. The van der Waals surface area contributed by atoms with Gasteiger partial charge in [-0.3, -0.25) is 14.6 Å². The maximum absolute atomic E-state index is 13.4. The van der Waals surface area contributed by atoms with E-state index >= 15 is 0 Å². The third-order valence-corrected chi connectivity index (χ3v) is 5.41. The minimum Gasteiger partial charge on any atom is -0.321 e. The van der Waals surface area contributed by atoms with Crippen LogP contribution >= 0.6 is 23.1 Å². The molecule has 25 heavy (non-hydrogen) atoms. The molecular formula is C17H10FN3O2S2. The number of nitrogens with zero attached hydrogens (tertiary/aromatic N) is 1. The number of carbonyl (C=O) groups excluding carboxylic acids is 2. The second-order valence-electron chi connectivity index (χ2n) is 5.23. The Balaban J connectivity index is 1.66. The molecule has 124 valence electrons. The quantitative estimate of drug-likeness (QED) is 0.706. The first-order chi connectivity index (χ1) is 12.1. The van der Waals surface area contributed by atoms with Crippen molar-refractivity contribution in [3.8, 4) is 0 Å². The molecule has 2 N–H and O–H groups in total. The van der Waals surface area contributed by atoms with Gasteiger partial charge in [0.2, 0.25) is 0 Å². The average Bonchev–Trinajstić information content (AvgIpc) is 3.05. The average molecular weight is 371 g/mol. The molecule has 0 saturated heterocycles. The highest BCUT2D eigenvalue weighted by Crippen LogP contribution is 2.39. The van der Waals surface area contributed by atoms with E-state index in [1.165, 1.54) is 35.2 Å². The zero-order valence-corrected chi connectivity index (χ0v) is 14.2. The number of aromatic nitrogens is 1. The summed E-state index contributed by atoms with van der Waals surface area (Å²) in [6.07, 6.45) is 1.56. The maximum Gasteiger partial charge on any atom is 0.256 e. The number of benzene rings is 2. The minimum absolute atomic E-state index is 0.275. The number of thiazole rings is 1. The Morgan fingerprint density at radius 2 is 2.00 bits per heavy atom. The second kappa shape index (κ2) is 6.30. The summed E-state index contributed by atoms with van der Waals surface area (Å²) >= 11 is 2.67. The second-order valence-corrected chi connectivity index (χ2v) is 7.20. The Labute approximate surface area is 150 Å². The first-order valence-corrected chi connectivity index (χ1v) is 8.92. The third kappa shape index (κ3) is 3.13. The molecule has 5 nitrogen and oxygen atoms in total. The molecule has 4 rings (SSSR count). The van der Waals surface area contributed by atoms with Crippen LogP contribution in [0.1, 0.15) is 20.7 Å². The summed E-state index contributed by atoms with van der Waals surface area (Å²) in [6.45, 7) is 0. The molecule has 0 radical (unpaired) electrons. The summed E-state index contributed by atoms with van der Waals surface area (Å²) in [7, 11) is 0. The summed E-state index contributed by atoms with van der Waals surface area (Å²) < 4.78 is 13.4. The van der Waals surface area contributed by atoms with Crippen LogP contribution in [0.5, 0.6) is 0 Å². The van der Waals surface area contributed by atoms with Crippen molar-refractivity contribution in [1.29, 1.82) is 0 Å². The lowest BCUT2D eigenvalue weighted by atomic mass is 10.1. The zero-order chi connectivity index (χ0) is 17.4. The Bertz CT molecular complexity index is 990. The Morgan fingerprint density at radius 3 is 2.80 bits per heavy atom. The number of nitrogens with one attached hydrogen (secondary N) is 2. The molecule has 2 amide bonds. The van der Waals surface area contributed by atoms with E-state index in [1.54, 1.807) is 36.0 Å². The van der Waals surface area contributed by atoms with Crippen molar-refractivity contribution in [3.63, 3.8) is 0 Å². The van der Waals surface area contributed by atoms with E-state index in [4.69, 9.17) is 0 Å². The molecule has 0 fully saturated rings. The van der Waals surface area contributed by atoms with Crippen molar-refractivity contribution in [1.82, 2.24) is 4.98 Å². The van der Waals surface area contributed by atoms with Crippen LogP contribution in [0.15, 0.2) is 57.9 Å². The zero-order valence-electron chi connectivity index (χ0n) is 12.6. The van der Waals surface area contributed by atoms with Gasteiger partial charge in [0.25, 0.3) is 11.8 Å². The molecular weight excluding hydrogens is 361 g/mol. The molecule has 8 heteroatoms. The van der Waals surface area contributed by atoms with Gasteiger partial charge in [0, 0.05) is 15.4 Å². The van der Waals surface area contributed by atoms with Crippen LogP contribution < -0.4 is 10.6 Å². The molecule has 1 aliphatic rings. The maximum atomic E-state index is 13.4. The van der Waals surface area contributed by atoms with Gasteiger partial charge in [-0.15, -0.1) is 11.3 Å². The predicted molar refractivity (Wildman–Crippen MR) is 95.0 cm³/mol. The molecule has 0 saturated carbocycles. The Hall–Kier alpha value is -2.71. The SMILES string of the molecule is O=C(Nc1cncs1)c1ccc2c(c1)NC(=O)c1cc(F)ccc1S2. The number of fused-ring (bicyclic) bond motifs is 2. The fraction of sp³-hybridized carbons (Fsp3) is 0. The minimum atomic E-state index is -0.468. The largest absolute Gasteiger partial charge is 0.321 e. The van der Waals surface area contributed by atoms with E-state index in [2.05, 4.69) is 15.6 Å². The number of carbonyl (C=O) groups is 2. The molecule has 0 aliphatic carbocycles. The van der Waals surface area contributed by atoms with Crippen LogP contribution in [0.4, 0.5) is 15.1 Å². The first-order valence-electron chi connectivity index (χ1n) is 7.23. The van der Waals surface area contributed by atoms with Gasteiger partial charge < -0.3 is 10.6 Å². The highest BCUT2D eigenvalue weighted by molar-refractivity contribution is 7.99. The molecule has 2 aromatic carbocycles. The van der Waals surface area contributed by atoms with Gasteiger partial charge in [-0.1, -0.05) is 11.8 Å². The Morgan fingerprint density at radius 1 is 1.16 bits per heavy atom. The van der Waals surface area contributed by atoms with Crippen LogP contribution in [0.3, 0.4) is 0 Å². The van der Waals surface area contributed by atoms with E-state index in [0.717, 1.165) is 4.90 Å². The van der Waals surface area contributed by atoms with Crippen molar-refractivity contribution in [2.24, 2.45) is 0 Å². The van der Waals surface area contributed by atoms with Gasteiger partial charge in [-0.25, -0.2) is 4.39 Å². The molecule has 0 bridgehead atoms. The van der Waals surface area contributed by atoms with E-state index in [0.29, 0.717) is 21.1 Å². The lowest BCUT2D eigenvalue weighted by molar-refractivity contribution is 0.101. The number of hydrogen-bond acceptors (Lipinski definition) is 5.